The highest BCUT2D eigenvalue weighted by Crippen LogP contribution is 2.45. The molecule has 0 spiro atoms. The van der Waals surface area contributed by atoms with E-state index in [4.69, 9.17) is 4.42 Å². The van der Waals surface area contributed by atoms with Crippen LogP contribution < -0.4 is 5.32 Å². The molecule has 1 atom stereocenters. The van der Waals surface area contributed by atoms with Crippen molar-refractivity contribution in [2.24, 2.45) is 0 Å². The molecule has 2 aromatic heterocycles. The molecule has 0 bridgehead atoms. The standard InChI is InChI=1S/C25H28FN3O2S/c1-28-12-14-29(15-13-28)23(17-8-10-18(26)11-9-17)22-19-5-2-3-7-21(19)32-25(22)27-24(30)20-6-4-16-31-20/h4,6,8-11,16,23H,2-3,5,7,12-15H2,1H3,(H,27,30)/t23-/m0/s1. The highest BCUT2D eigenvalue weighted by molar-refractivity contribution is 7.16. The van der Waals surface area contributed by atoms with Crippen LogP contribution in [0.5, 0.6) is 0 Å². The Balaban J connectivity index is 1.59. The van der Waals surface area contributed by atoms with Crippen LogP contribution in [-0.2, 0) is 12.8 Å². The first kappa shape index (κ1) is 21.4. The number of anilines is 1. The lowest BCUT2D eigenvalue weighted by Crippen LogP contribution is -2.46. The maximum atomic E-state index is 13.8. The van der Waals surface area contributed by atoms with Crippen molar-refractivity contribution in [3.63, 3.8) is 0 Å². The molecule has 1 amide bonds. The number of furan rings is 1. The minimum absolute atomic E-state index is 0.0192. The van der Waals surface area contributed by atoms with E-state index in [9.17, 15) is 9.18 Å². The van der Waals surface area contributed by atoms with E-state index in [1.165, 1.54) is 28.7 Å². The summed E-state index contributed by atoms with van der Waals surface area (Å²) in [5, 5.41) is 4.05. The van der Waals surface area contributed by atoms with Crippen LogP contribution in [0.4, 0.5) is 9.39 Å². The van der Waals surface area contributed by atoms with E-state index in [2.05, 4.69) is 22.2 Å². The Kier molecular flexibility index (Phi) is 6.13. The third-order valence-electron chi connectivity index (χ3n) is 6.55. The molecular weight excluding hydrogens is 425 g/mol. The zero-order valence-electron chi connectivity index (χ0n) is 18.3. The van der Waals surface area contributed by atoms with Crippen LogP contribution in [0.15, 0.2) is 47.1 Å². The molecule has 5 rings (SSSR count). The summed E-state index contributed by atoms with van der Waals surface area (Å²) in [5.74, 6) is -0.157. The Labute approximate surface area is 191 Å². The largest absolute Gasteiger partial charge is 0.459 e. The fourth-order valence-electron chi connectivity index (χ4n) is 4.83. The molecule has 5 nitrogen and oxygen atoms in total. The second-order valence-corrected chi connectivity index (χ2v) is 9.78. The van der Waals surface area contributed by atoms with Gasteiger partial charge in [-0.1, -0.05) is 12.1 Å². The number of fused-ring (bicyclic) bond motifs is 1. The molecule has 0 radical (unpaired) electrons. The van der Waals surface area contributed by atoms with Crippen molar-refractivity contribution in [3.05, 3.63) is 75.8 Å². The lowest BCUT2D eigenvalue weighted by atomic mass is 9.88. The highest BCUT2D eigenvalue weighted by atomic mass is 32.1. The number of halogens is 1. The predicted molar refractivity (Wildman–Crippen MR) is 125 cm³/mol. The maximum absolute atomic E-state index is 13.8. The molecule has 0 saturated carbocycles. The molecule has 168 valence electrons. The molecule has 1 saturated heterocycles. The van der Waals surface area contributed by atoms with Gasteiger partial charge in [-0.25, -0.2) is 4.39 Å². The van der Waals surface area contributed by atoms with E-state index in [1.54, 1.807) is 35.6 Å². The SMILES string of the molecule is CN1CCN([C@@H](c2ccc(F)cc2)c2c(NC(=O)c3ccco3)sc3c2CCCC3)CC1. The van der Waals surface area contributed by atoms with Crippen LogP contribution in [0.25, 0.3) is 0 Å². The summed E-state index contributed by atoms with van der Waals surface area (Å²) in [6, 6.07) is 10.2. The lowest BCUT2D eigenvalue weighted by molar-refractivity contribution is 0.0996. The summed E-state index contributed by atoms with van der Waals surface area (Å²) in [4.78, 5) is 19.1. The Morgan fingerprint density at radius 2 is 1.84 bits per heavy atom. The van der Waals surface area contributed by atoms with Crippen LogP contribution >= 0.6 is 11.3 Å². The number of aryl methyl sites for hydroxylation is 1. The minimum Gasteiger partial charge on any atom is -0.459 e. The van der Waals surface area contributed by atoms with Crippen LogP contribution in [0.3, 0.4) is 0 Å². The van der Waals surface area contributed by atoms with Gasteiger partial charge in [-0.2, -0.15) is 0 Å². The molecule has 0 unspecified atom stereocenters. The number of hydrogen-bond acceptors (Lipinski definition) is 5. The smallest absolute Gasteiger partial charge is 0.291 e. The number of rotatable bonds is 5. The number of piperazine rings is 1. The lowest BCUT2D eigenvalue weighted by Gasteiger charge is -2.39. The minimum atomic E-state index is -0.232. The van der Waals surface area contributed by atoms with Crippen LogP contribution in [0.2, 0.25) is 0 Å². The molecule has 3 aromatic rings. The number of likely N-dealkylation sites (N-methyl/N-ethyl adjacent to an activating group) is 1. The van der Waals surface area contributed by atoms with E-state index in [1.807, 2.05) is 12.1 Å². The normalized spacial score (nSPS) is 18.3. The van der Waals surface area contributed by atoms with Gasteiger partial charge < -0.3 is 14.6 Å². The summed E-state index contributed by atoms with van der Waals surface area (Å²) in [5.41, 5.74) is 3.61. The van der Waals surface area contributed by atoms with Gasteiger partial charge in [0.15, 0.2) is 5.76 Å². The Morgan fingerprint density at radius 1 is 1.09 bits per heavy atom. The first-order valence-corrected chi connectivity index (χ1v) is 12.1. The van der Waals surface area contributed by atoms with Crippen LogP contribution in [-0.4, -0.2) is 48.9 Å². The van der Waals surface area contributed by atoms with Crippen LogP contribution in [0, 0.1) is 5.82 Å². The van der Waals surface area contributed by atoms with Crippen molar-refractivity contribution in [1.82, 2.24) is 9.80 Å². The number of hydrogen-bond donors (Lipinski definition) is 1. The molecule has 1 aliphatic carbocycles. The van der Waals surface area contributed by atoms with E-state index >= 15 is 0 Å². The van der Waals surface area contributed by atoms with E-state index in [-0.39, 0.29) is 17.8 Å². The number of benzene rings is 1. The van der Waals surface area contributed by atoms with E-state index < -0.39 is 0 Å². The zero-order chi connectivity index (χ0) is 22.1. The second-order valence-electron chi connectivity index (χ2n) is 8.68. The molecule has 1 aliphatic heterocycles. The van der Waals surface area contributed by atoms with E-state index in [0.717, 1.165) is 56.0 Å². The second kappa shape index (κ2) is 9.17. The molecule has 1 N–H and O–H groups in total. The first-order valence-electron chi connectivity index (χ1n) is 11.3. The number of nitrogens with one attached hydrogen (secondary N) is 1. The van der Waals surface area contributed by atoms with Gasteiger partial charge in [0.05, 0.1) is 12.3 Å². The van der Waals surface area contributed by atoms with Gasteiger partial charge in [0.2, 0.25) is 0 Å². The van der Waals surface area contributed by atoms with Gasteiger partial charge in [0.25, 0.3) is 5.91 Å². The van der Waals surface area contributed by atoms with Crippen molar-refractivity contribution in [3.8, 4) is 0 Å². The fraction of sp³-hybridized carbons (Fsp3) is 0.400. The molecule has 32 heavy (non-hydrogen) atoms. The van der Waals surface area contributed by atoms with Crippen molar-refractivity contribution < 1.29 is 13.6 Å². The van der Waals surface area contributed by atoms with Crippen LogP contribution in [0.1, 0.15) is 51.0 Å². The van der Waals surface area contributed by atoms with Crippen molar-refractivity contribution in [2.75, 3.05) is 38.5 Å². The van der Waals surface area contributed by atoms with Gasteiger partial charge in [0, 0.05) is 36.6 Å². The Morgan fingerprint density at radius 3 is 2.56 bits per heavy atom. The molecule has 1 fully saturated rings. The third-order valence-corrected chi connectivity index (χ3v) is 7.77. The molecule has 2 aliphatic rings. The monoisotopic (exact) mass is 453 g/mol. The van der Waals surface area contributed by atoms with Gasteiger partial charge in [-0.15, -0.1) is 11.3 Å². The average molecular weight is 454 g/mol. The highest BCUT2D eigenvalue weighted by Gasteiger charge is 2.33. The van der Waals surface area contributed by atoms with E-state index in [0.29, 0.717) is 5.76 Å². The fourth-order valence-corrected chi connectivity index (χ4v) is 6.15. The van der Waals surface area contributed by atoms with Gasteiger partial charge in [0.1, 0.15) is 10.8 Å². The number of nitrogens with zero attached hydrogens (tertiary/aromatic N) is 2. The van der Waals surface area contributed by atoms with Crippen molar-refractivity contribution in [2.45, 2.75) is 31.7 Å². The maximum Gasteiger partial charge on any atom is 0.291 e. The summed E-state index contributed by atoms with van der Waals surface area (Å²) in [7, 11) is 2.14. The van der Waals surface area contributed by atoms with Crippen molar-refractivity contribution in [1.29, 1.82) is 0 Å². The third kappa shape index (κ3) is 4.25. The Hall–Kier alpha value is -2.48. The predicted octanol–water partition coefficient (Wildman–Crippen LogP) is 4.95. The number of carbonyl (C=O) groups excluding carboxylic acids is 1. The first-order chi connectivity index (χ1) is 15.6. The van der Waals surface area contributed by atoms with Gasteiger partial charge in [-0.05, 0) is 68.1 Å². The summed E-state index contributed by atoms with van der Waals surface area (Å²) < 4.78 is 19.1. The topological polar surface area (TPSA) is 48.7 Å². The van der Waals surface area contributed by atoms with Gasteiger partial charge >= 0.3 is 0 Å². The quantitative estimate of drug-likeness (QED) is 0.594. The number of carbonyl (C=O) groups is 1. The molecule has 7 heteroatoms. The number of thiophene rings is 1. The summed E-state index contributed by atoms with van der Waals surface area (Å²) >= 11 is 1.69. The average Bonchev–Trinajstić information content (AvgIpc) is 3.45. The Bertz CT molecular complexity index is 1070. The van der Waals surface area contributed by atoms with Crippen molar-refractivity contribution >= 4 is 22.2 Å². The van der Waals surface area contributed by atoms with Gasteiger partial charge in [-0.3, -0.25) is 9.69 Å². The molecular formula is C25H28FN3O2S. The molecule has 3 heterocycles. The summed E-state index contributed by atoms with van der Waals surface area (Å²) in [6.07, 6.45) is 5.90. The summed E-state index contributed by atoms with van der Waals surface area (Å²) in [6.45, 7) is 3.82. The number of amides is 1. The zero-order valence-corrected chi connectivity index (χ0v) is 19.1. The molecule has 1 aromatic carbocycles.